The van der Waals surface area contributed by atoms with E-state index in [1.165, 1.54) is 0 Å². The van der Waals surface area contributed by atoms with Gasteiger partial charge in [-0.2, -0.15) is 0 Å². The molecule has 0 aromatic carbocycles. The number of rotatable bonds is 2. The van der Waals surface area contributed by atoms with Crippen LogP contribution in [0.15, 0.2) is 17.5 Å². The molecule has 0 saturated heterocycles. The van der Waals surface area contributed by atoms with Gasteiger partial charge in [-0.05, 0) is 5.92 Å². The topological polar surface area (TPSA) is 30.2 Å². The van der Waals surface area contributed by atoms with E-state index in [-0.39, 0.29) is 0 Å². The van der Waals surface area contributed by atoms with E-state index in [1.54, 1.807) is 0 Å². The lowest BCUT2D eigenvalue weighted by Gasteiger charge is -2.08. The van der Waals surface area contributed by atoms with Crippen molar-refractivity contribution in [1.82, 2.24) is 9.55 Å². The van der Waals surface area contributed by atoms with Crippen molar-refractivity contribution in [2.75, 3.05) is 5.75 Å². The summed E-state index contributed by atoms with van der Waals surface area (Å²) in [7, 11) is 2.01. The quantitative estimate of drug-likeness (QED) is 0.745. The molecule has 1 aliphatic heterocycles. The third-order valence-electron chi connectivity index (χ3n) is 2.48. The fraction of sp³-hybridized carbons (Fsp3) is 0.600. The van der Waals surface area contributed by atoms with Crippen LogP contribution in [0.5, 0.6) is 0 Å². The van der Waals surface area contributed by atoms with Crippen LogP contribution in [0, 0.1) is 5.92 Å². The Balaban J connectivity index is 2.22. The number of hydrogen-bond acceptors (Lipinski definition) is 3. The minimum absolute atomic E-state index is 0.477. The highest BCUT2D eigenvalue weighted by Gasteiger charge is 2.23. The van der Waals surface area contributed by atoms with Crippen molar-refractivity contribution in [2.24, 2.45) is 18.0 Å². The number of aliphatic imine (C=N–C) groups is 1. The Kier molecular flexibility index (Phi) is 2.63. The van der Waals surface area contributed by atoms with Gasteiger partial charge in [0.15, 0.2) is 0 Å². The van der Waals surface area contributed by atoms with Crippen LogP contribution in [0.4, 0.5) is 0 Å². The summed E-state index contributed by atoms with van der Waals surface area (Å²) in [6, 6.07) is 0.477. The first-order chi connectivity index (χ1) is 6.68. The van der Waals surface area contributed by atoms with Gasteiger partial charge in [0.05, 0.1) is 24.3 Å². The van der Waals surface area contributed by atoms with E-state index in [0.29, 0.717) is 12.0 Å². The van der Waals surface area contributed by atoms with E-state index in [1.807, 2.05) is 35.9 Å². The molecule has 1 atom stereocenters. The highest BCUT2D eigenvalue weighted by Crippen LogP contribution is 2.26. The molecule has 0 bridgehead atoms. The zero-order valence-electron chi connectivity index (χ0n) is 8.77. The highest BCUT2D eigenvalue weighted by molar-refractivity contribution is 8.14. The standard InChI is InChI=1S/C10H15N3S/c1-7(2)8-5-14-10(12-8)9-4-11-6-13(9)3/h4,6-8H,5H2,1-3H3. The number of imidazole rings is 1. The van der Waals surface area contributed by atoms with Crippen LogP contribution in [0.1, 0.15) is 19.5 Å². The van der Waals surface area contributed by atoms with Gasteiger partial charge in [0, 0.05) is 12.8 Å². The summed E-state index contributed by atoms with van der Waals surface area (Å²) >= 11 is 1.84. The number of thioether (sulfide) groups is 1. The van der Waals surface area contributed by atoms with Gasteiger partial charge in [0.2, 0.25) is 0 Å². The van der Waals surface area contributed by atoms with E-state index in [9.17, 15) is 0 Å². The summed E-state index contributed by atoms with van der Waals surface area (Å²) in [5, 5.41) is 1.14. The van der Waals surface area contributed by atoms with Crippen molar-refractivity contribution in [3.05, 3.63) is 18.2 Å². The van der Waals surface area contributed by atoms with Gasteiger partial charge < -0.3 is 4.57 Å². The van der Waals surface area contributed by atoms with Crippen molar-refractivity contribution in [1.29, 1.82) is 0 Å². The Hall–Kier alpha value is -0.770. The zero-order chi connectivity index (χ0) is 10.1. The van der Waals surface area contributed by atoms with Crippen LogP contribution in [-0.2, 0) is 7.05 Å². The lowest BCUT2D eigenvalue weighted by atomic mass is 10.1. The normalized spacial score (nSPS) is 21.7. The summed E-state index contributed by atoms with van der Waals surface area (Å²) in [5.41, 5.74) is 1.14. The van der Waals surface area contributed by atoms with Crippen molar-refractivity contribution in [3.63, 3.8) is 0 Å². The number of hydrogen-bond donors (Lipinski definition) is 0. The summed E-state index contributed by atoms with van der Waals surface area (Å²) in [5.74, 6) is 1.74. The first-order valence-electron chi connectivity index (χ1n) is 4.85. The maximum atomic E-state index is 4.71. The third kappa shape index (κ3) is 1.71. The number of nitrogens with zero attached hydrogens (tertiary/aromatic N) is 3. The summed E-state index contributed by atoms with van der Waals surface area (Å²) in [6.07, 6.45) is 3.70. The predicted molar refractivity (Wildman–Crippen MR) is 60.8 cm³/mol. The van der Waals surface area contributed by atoms with E-state index >= 15 is 0 Å². The molecular formula is C10H15N3S. The molecule has 4 heteroatoms. The molecule has 0 saturated carbocycles. The smallest absolute Gasteiger partial charge is 0.116 e. The Morgan fingerprint density at radius 3 is 2.86 bits per heavy atom. The van der Waals surface area contributed by atoms with E-state index in [2.05, 4.69) is 18.8 Å². The van der Waals surface area contributed by atoms with Gasteiger partial charge in [0.1, 0.15) is 5.04 Å². The first-order valence-corrected chi connectivity index (χ1v) is 5.84. The fourth-order valence-electron chi connectivity index (χ4n) is 1.43. The Labute approximate surface area is 88.6 Å². The van der Waals surface area contributed by atoms with Crippen LogP contribution in [0.2, 0.25) is 0 Å². The van der Waals surface area contributed by atoms with Gasteiger partial charge in [-0.1, -0.05) is 13.8 Å². The summed E-state index contributed by atoms with van der Waals surface area (Å²) in [6.45, 7) is 4.45. The predicted octanol–water partition coefficient (Wildman–Crippen LogP) is 1.94. The molecule has 1 unspecified atom stereocenters. The Morgan fingerprint density at radius 2 is 2.36 bits per heavy atom. The molecule has 0 amide bonds. The maximum Gasteiger partial charge on any atom is 0.116 e. The van der Waals surface area contributed by atoms with Crippen molar-refractivity contribution in [3.8, 4) is 0 Å². The molecule has 14 heavy (non-hydrogen) atoms. The molecule has 1 aromatic rings. The number of aromatic nitrogens is 2. The van der Waals surface area contributed by atoms with Crippen molar-refractivity contribution < 1.29 is 0 Å². The summed E-state index contributed by atoms with van der Waals surface area (Å²) in [4.78, 5) is 8.81. The second kappa shape index (κ2) is 3.77. The van der Waals surface area contributed by atoms with Gasteiger partial charge >= 0.3 is 0 Å². The molecule has 0 fully saturated rings. The first kappa shape index (κ1) is 9.77. The van der Waals surface area contributed by atoms with Crippen LogP contribution >= 0.6 is 11.8 Å². The highest BCUT2D eigenvalue weighted by atomic mass is 32.2. The second-order valence-electron chi connectivity index (χ2n) is 3.95. The Bertz CT molecular complexity index is 354. The SMILES string of the molecule is CC(C)C1CSC(c2cncn2C)=N1. The molecule has 0 aliphatic carbocycles. The monoisotopic (exact) mass is 209 g/mol. The molecule has 2 rings (SSSR count). The number of aryl methyl sites for hydroxylation is 1. The average molecular weight is 209 g/mol. The van der Waals surface area contributed by atoms with Crippen LogP contribution in [0.3, 0.4) is 0 Å². The van der Waals surface area contributed by atoms with Crippen LogP contribution in [-0.4, -0.2) is 26.4 Å². The van der Waals surface area contributed by atoms with Gasteiger partial charge in [-0.15, -0.1) is 11.8 Å². The molecule has 2 heterocycles. The minimum Gasteiger partial charge on any atom is -0.332 e. The van der Waals surface area contributed by atoms with Crippen molar-refractivity contribution >= 4 is 16.8 Å². The molecule has 0 N–H and O–H groups in total. The molecular weight excluding hydrogens is 194 g/mol. The van der Waals surface area contributed by atoms with Crippen LogP contribution in [0.25, 0.3) is 0 Å². The Morgan fingerprint density at radius 1 is 1.57 bits per heavy atom. The van der Waals surface area contributed by atoms with Gasteiger partial charge in [-0.25, -0.2) is 4.98 Å². The maximum absolute atomic E-state index is 4.71. The molecule has 1 aliphatic rings. The molecule has 76 valence electrons. The van der Waals surface area contributed by atoms with Crippen molar-refractivity contribution in [2.45, 2.75) is 19.9 Å². The second-order valence-corrected chi connectivity index (χ2v) is 4.96. The largest absolute Gasteiger partial charge is 0.332 e. The third-order valence-corrected chi connectivity index (χ3v) is 3.58. The minimum atomic E-state index is 0.477. The van der Waals surface area contributed by atoms with Crippen LogP contribution < -0.4 is 0 Å². The lowest BCUT2D eigenvalue weighted by molar-refractivity contribution is 0.543. The van der Waals surface area contributed by atoms with Gasteiger partial charge in [-0.3, -0.25) is 4.99 Å². The van der Waals surface area contributed by atoms with E-state index in [0.717, 1.165) is 16.5 Å². The van der Waals surface area contributed by atoms with E-state index in [4.69, 9.17) is 4.99 Å². The summed E-state index contributed by atoms with van der Waals surface area (Å²) < 4.78 is 2.02. The zero-order valence-corrected chi connectivity index (χ0v) is 9.58. The fourth-order valence-corrected chi connectivity index (χ4v) is 2.78. The molecule has 3 nitrogen and oxygen atoms in total. The van der Waals surface area contributed by atoms with E-state index < -0.39 is 0 Å². The van der Waals surface area contributed by atoms with Gasteiger partial charge in [0.25, 0.3) is 0 Å². The molecule has 0 spiro atoms. The lowest BCUT2D eigenvalue weighted by Crippen LogP contribution is -2.11. The molecule has 0 radical (unpaired) electrons. The molecule has 1 aromatic heterocycles. The average Bonchev–Trinajstić information content (AvgIpc) is 2.71.